The smallest absolute Gasteiger partial charge is 0.238 e. The molecule has 1 nitrogen and oxygen atoms in total. The van der Waals surface area contributed by atoms with Crippen LogP contribution in [-0.2, 0) is 6.42 Å². The van der Waals surface area contributed by atoms with Gasteiger partial charge >= 0.3 is 0 Å². The van der Waals surface area contributed by atoms with Gasteiger partial charge in [0.2, 0.25) is 11.0 Å². The molecular weight excluding hydrogens is 321 g/mol. The van der Waals surface area contributed by atoms with Crippen molar-refractivity contribution in [3.63, 3.8) is 0 Å². The quantitative estimate of drug-likeness (QED) is 0.422. The van der Waals surface area contributed by atoms with Gasteiger partial charge in [-0.3, -0.25) is 0 Å². The van der Waals surface area contributed by atoms with Gasteiger partial charge in [0.05, 0.1) is 5.39 Å². The summed E-state index contributed by atoms with van der Waals surface area (Å²) >= 11 is 11.2. The van der Waals surface area contributed by atoms with E-state index < -0.39 is 0 Å². The van der Waals surface area contributed by atoms with Gasteiger partial charge in [-0.25, -0.2) is 0 Å². The highest BCUT2D eigenvalue weighted by Crippen LogP contribution is 2.30. The molecule has 2 aromatic heterocycles. The van der Waals surface area contributed by atoms with Crippen molar-refractivity contribution in [3.05, 3.63) is 53.2 Å². The van der Waals surface area contributed by atoms with Gasteiger partial charge in [0.15, 0.2) is 6.20 Å². The summed E-state index contributed by atoms with van der Waals surface area (Å²) in [6.45, 7) is 2.21. The molecule has 0 aliphatic rings. The van der Waals surface area contributed by atoms with Crippen molar-refractivity contribution in [2.45, 2.75) is 31.1 Å². The van der Waals surface area contributed by atoms with Crippen LogP contribution in [0.3, 0.4) is 0 Å². The number of hydrogen-bond acceptors (Lipinski definition) is 1. The number of fused-ring (bicyclic) bond motifs is 3. The Balaban J connectivity index is 0.00000161. The van der Waals surface area contributed by atoms with Crippen molar-refractivity contribution >= 4 is 40.6 Å². The second-order valence-corrected chi connectivity index (χ2v) is 5.88. The first-order valence-electron chi connectivity index (χ1n) is 6.96. The highest BCUT2D eigenvalue weighted by Gasteiger charge is 2.20. The second kappa shape index (κ2) is 6.87. The van der Waals surface area contributed by atoms with E-state index in [1.807, 2.05) is 18.2 Å². The maximum Gasteiger partial charge on any atom is 0.238 e. The average Bonchev–Trinajstić information content (AvgIpc) is 2.47. The van der Waals surface area contributed by atoms with Crippen LogP contribution in [0.4, 0.5) is 0 Å². The first-order valence-corrected chi connectivity index (χ1v) is 7.79. The molecule has 0 fully saturated rings. The summed E-state index contributed by atoms with van der Waals surface area (Å²) in [6, 6.07) is 12.3. The normalized spacial score (nSPS) is 10.8. The van der Waals surface area contributed by atoms with Gasteiger partial charge in [-0.05, 0) is 31.0 Å². The fourth-order valence-electron chi connectivity index (χ4n) is 2.72. The Bertz CT molecular complexity index is 786. The number of rotatable bonds is 3. The number of benzene rings is 1. The molecule has 0 N–H and O–H groups in total. The van der Waals surface area contributed by atoms with Gasteiger partial charge in [0.25, 0.3) is 0 Å². The third-order valence-electron chi connectivity index (χ3n) is 3.72. The summed E-state index contributed by atoms with van der Waals surface area (Å²) in [4.78, 5) is 1.06. The van der Waals surface area contributed by atoms with Crippen LogP contribution >= 0.6 is 24.2 Å². The van der Waals surface area contributed by atoms with E-state index >= 15 is 0 Å². The minimum Gasteiger partial charge on any atom is -1.00 e. The number of unbranched alkanes of at least 4 members (excludes halogenated alkanes) is 1. The molecule has 0 amide bonds. The maximum atomic E-state index is 6.41. The molecule has 21 heavy (non-hydrogen) atoms. The summed E-state index contributed by atoms with van der Waals surface area (Å²) in [5.41, 5.74) is 3.55. The minimum atomic E-state index is 0. The molecule has 4 heteroatoms. The predicted molar refractivity (Wildman–Crippen MR) is 88.0 cm³/mol. The fourth-order valence-corrected chi connectivity index (χ4v) is 3.39. The molecule has 0 aliphatic carbocycles. The summed E-state index contributed by atoms with van der Waals surface area (Å²) in [5.74, 6) is 0. The standard InChI is InChI=1S/C17H16ClNS.ClH/c1-2-3-7-12-15-10-4-5-11-19(15)16-13(17(12)20)8-6-9-14(16)18;/h4-6,8-11H,2-3,7H2,1H3;1H. The predicted octanol–water partition coefficient (Wildman–Crippen LogP) is 1.87. The molecule has 1 aromatic carbocycles. The third kappa shape index (κ3) is 2.85. The van der Waals surface area contributed by atoms with Crippen molar-refractivity contribution in [2.24, 2.45) is 0 Å². The first-order chi connectivity index (χ1) is 9.74. The van der Waals surface area contributed by atoms with Crippen LogP contribution in [-0.4, -0.2) is 0 Å². The van der Waals surface area contributed by atoms with Crippen molar-refractivity contribution in [1.29, 1.82) is 0 Å². The molecule has 0 atom stereocenters. The van der Waals surface area contributed by atoms with Crippen LogP contribution in [0.25, 0.3) is 16.4 Å². The molecule has 0 spiro atoms. The number of nitrogens with zero attached hydrogens (tertiary/aromatic N) is 1. The summed E-state index contributed by atoms with van der Waals surface area (Å²) < 4.78 is 2.18. The van der Waals surface area contributed by atoms with Crippen LogP contribution in [0.5, 0.6) is 0 Å². The van der Waals surface area contributed by atoms with E-state index in [4.69, 9.17) is 24.2 Å². The second-order valence-electron chi connectivity index (χ2n) is 5.02. The van der Waals surface area contributed by atoms with E-state index in [1.165, 1.54) is 23.9 Å². The molecule has 0 saturated heterocycles. The average molecular weight is 338 g/mol. The Morgan fingerprint density at radius 3 is 2.71 bits per heavy atom. The summed E-state index contributed by atoms with van der Waals surface area (Å²) in [6.07, 6.45) is 5.47. The Hall–Kier alpha value is -0.960. The van der Waals surface area contributed by atoms with Crippen LogP contribution in [0.1, 0.15) is 25.3 Å². The van der Waals surface area contributed by atoms with Gasteiger partial charge in [0, 0.05) is 22.6 Å². The number of thiol groups is 1. The molecular formula is C17H17Cl2NS. The van der Waals surface area contributed by atoms with Gasteiger partial charge in [-0.2, -0.15) is 4.40 Å². The van der Waals surface area contributed by atoms with Crippen molar-refractivity contribution < 1.29 is 16.8 Å². The van der Waals surface area contributed by atoms with E-state index in [0.717, 1.165) is 27.2 Å². The molecule has 0 saturated carbocycles. The number of hydrogen-bond donors (Lipinski definition) is 1. The molecule has 3 aromatic rings. The fraction of sp³-hybridized carbons (Fsp3) is 0.235. The van der Waals surface area contributed by atoms with E-state index in [-0.39, 0.29) is 12.4 Å². The summed E-state index contributed by atoms with van der Waals surface area (Å²) in [7, 11) is 0. The van der Waals surface area contributed by atoms with Crippen molar-refractivity contribution in [2.75, 3.05) is 0 Å². The van der Waals surface area contributed by atoms with Gasteiger partial charge in [-0.15, -0.1) is 12.6 Å². The molecule has 2 heterocycles. The zero-order valence-electron chi connectivity index (χ0n) is 11.8. The number of pyridine rings is 2. The Kier molecular flexibility index (Phi) is 5.37. The third-order valence-corrected chi connectivity index (χ3v) is 4.53. The van der Waals surface area contributed by atoms with Crippen molar-refractivity contribution in [3.8, 4) is 0 Å². The minimum absolute atomic E-state index is 0. The number of para-hydroxylation sites is 1. The summed E-state index contributed by atoms with van der Waals surface area (Å²) in [5, 5.41) is 1.89. The Morgan fingerprint density at radius 2 is 1.95 bits per heavy atom. The lowest BCUT2D eigenvalue weighted by atomic mass is 10.0. The lowest BCUT2D eigenvalue weighted by molar-refractivity contribution is -0.482. The number of aryl methyl sites for hydroxylation is 1. The van der Waals surface area contributed by atoms with Gasteiger partial charge in [-0.1, -0.05) is 31.0 Å². The number of halogens is 2. The lowest BCUT2D eigenvalue weighted by Gasteiger charge is -2.09. The zero-order chi connectivity index (χ0) is 14.1. The highest BCUT2D eigenvalue weighted by molar-refractivity contribution is 7.80. The Morgan fingerprint density at radius 1 is 1.14 bits per heavy atom. The molecule has 0 aliphatic heterocycles. The molecule has 0 radical (unpaired) electrons. The van der Waals surface area contributed by atoms with Crippen LogP contribution in [0.15, 0.2) is 47.5 Å². The van der Waals surface area contributed by atoms with Crippen LogP contribution in [0.2, 0.25) is 5.02 Å². The van der Waals surface area contributed by atoms with Crippen molar-refractivity contribution in [1.82, 2.24) is 0 Å². The van der Waals surface area contributed by atoms with E-state index in [1.54, 1.807) is 0 Å². The first kappa shape index (κ1) is 16.4. The van der Waals surface area contributed by atoms with Crippen LogP contribution < -0.4 is 16.8 Å². The molecule has 0 bridgehead atoms. The zero-order valence-corrected chi connectivity index (χ0v) is 14.2. The molecule has 3 rings (SSSR count). The molecule has 0 unspecified atom stereocenters. The van der Waals surface area contributed by atoms with E-state index in [9.17, 15) is 0 Å². The Labute approximate surface area is 141 Å². The van der Waals surface area contributed by atoms with Crippen LogP contribution in [0, 0.1) is 0 Å². The highest BCUT2D eigenvalue weighted by atomic mass is 35.5. The lowest BCUT2D eigenvalue weighted by Crippen LogP contribution is -3.00. The topological polar surface area (TPSA) is 4.10 Å². The monoisotopic (exact) mass is 337 g/mol. The van der Waals surface area contributed by atoms with E-state index in [2.05, 4.69) is 35.7 Å². The van der Waals surface area contributed by atoms with Gasteiger partial charge in [0.1, 0.15) is 5.02 Å². The van der Waals surface area contributed by atoms with Gasteiger partial charge < -0.3 is 12.4 Å². The SMILES string of the molecule is CCCCc1c(S)c2cccc(Cl)c2[n+]2ccccc12.[Cl-]. The largest absolute Gasteiger partial charge is 1.00 e. The maximum absolute atomic E-state index is 6.41. The molecule has 110 valence electrons. The van der Waals surface area contributed by atoms with E-state index in [0.29, 0.717) is 0 Å². The number of aromatic nitrogens is 1.